The van der Waals surface area contributed by atoms with Crippen molar-refractivity contribution in [3.63, 3.8) is 0 Å². The smallest absolute Gasteiger partial charge is 0.243 e. The van der Waals surface area contributed by atoms with Crippen LogP contribution in [0.5, 0.6) is 0 Å². The molecule has 2 aliphatic heterocycles. The van der Waals surface area contributed by atoms with Crippen LogP contribution in [0.15, 0.2) is 12.1 Å². The van der Waals surface area contributed by atoms with E-state index in [9.17, 15) is 14.0 Å². The molecule has 6 nitrogen and oxygen atoms in total. The van der Waals surface area contributed by atoms with Crippen molar-refractivity contribution in [1.82, 2.24) is 15.5 Å². The second-order valence-corrected chi connectivity index (χ2v) is 8.28. The highest BCUT2D eigenvalue weighted by atomic mass is 19.1. The molecule has 1 aliphatic carbocycles. The Morgan fingerprint density at radius 3 is 2.96 bits per heavy atom. The largest absolute Gasteiger partial charge is 0.373 e. The van der Waals surface area contributed by atoms with Gasteiger partial charge < -0.3 is 16.0 Å². The Labute approximate surface area is 165 Å². The van der Waals surface area contributed by atoms with Gasteiger partial charge in [-0.15, -0.1) is 0 Å². The van der Waals surface area contributed by atoms with Gasteiger partial charge in [-0.25, -0.2) is 4.39 Å². The number of benzene rings is 1. The molecule has 3 aliphatic rings. The first-order valence-electron chi connectivity index (χ1n) is 10.4. The van der Waals surface area contributed by atoms with Gasteiger partial charge in [-0.3, -0.25) is 14.5 Å². The molecule has 1 unspecified atom stereocenters. The third-order valence-electron chi connectivity index (χ3n) is 6.36. The lowest BCUT2D eigenvalue weighted by Crippen LogP contribution is -2.49. The maximum absolute atomic E-state index is 14.1. The molecule has 1 aromatic rings. The Morgan fingerprint density at radius 2 is 2.14 bits per heavy atom. The fourth-order valence-electron chi connectivity index (χ4n) is 4.81. The van der Waals surface area contributed by atoms with Crippen LogP contribution in [-0.4, -0.2) is 54.5 Å². The summed E-state index contributed by atoms with van der Waals surface area (Å²) in [5.74, 6) is -0.170. The highest BCUT2D eigenvalue weighted by Gasteiger charge is 2.33. The lowest BCUT2D eigenvalue weighted by Gasteiger charge is -2.37. The Hall–Kier alpha value is -2.15. The van der Waals surface area contributed by atoms with E-state index in [0.29, 0.717) is 31.0 Å². The zero-order valence-corrected chi connectivity index (χ0v) is 16.4. The van der Waals surface area contributed by atoms with Crippen molar-refractivity contribution in [3.05, 3.63) is 29.1 Å². The van der Waals surface area contributed by atoms with Gasteiger partial charge in [-0.1, -0.05) is 6.07 Å². The minimum absolute atomic E-state index is 0.0478. The summed E-state index contributed by atoms with van der Waals surface area (Å²) in [5, 5.41) is 9.33. The number of nitrogens with one attached hydrogen (secondary N) is 3. The van der Waals surface area contributed by atoms with E-state index in [1.807, 2.05) is 6.92 Å². The molecule has 28 heavy (non-hydrogen) atoms. The van der Waals surface area contributed by atoms with Crippen LogP contribution in [0.4, 0.5) is 10.1 Å². The van der Waals surface area contributed by atoms with Crippen LogP contribution in [0.3, 0.4) is 0 Å². The van der Waals surface area contributed by atoms with Gasteiger partial charge in [0, 0.05) is 55.8 Å². The standard InChI is InChI=1S/C21H29FN4O2/c1-13-5-6-17(22)16-12-18(25-20(13)16)21(28)24-14-3-2-4-15(11-14)26-9-7-19(27)23-8-10-26/h5-6,14-15,18,25H,2-4,7-12H2,1H3,(H,23,27)(H,24,28)/t14-,15+,18?/m1/s1. The summed E-state index contributed by atoms with van der Waals surface area (Å²) >= 11 is 0. The average molecular weight is 388 g/mol. The van der Waals surface area contributed by atoms with Gasteiger partial charge in [0.25, 0.3) is 0 Å². The quantitative estimate of drug-likeness (QED) is 0.737. The van der Waals surface area contributed by atoms with Gasteiger partial charge in [-0.05, 0) is 44.2 Å². The predicted octanol–water partition coefficient (Wildman–Crippen LogP) is 1.72. The van der Waals surface area contributed by atoms with Crippen LogP contribution in [0.2, 0.25) is 0 Å². The van der Waals surface area contributed by atoms with Gasteiger partial charge in [0.05, 0.1) is 0 Å². The predicted molar refractivity (Wildman–Crippen MR) is 106 cm³/mol. The molecule has 3 atom stereocenters. The van der Waals surface area contributed by atoms with Crippen molar-refractivity contribution in [2.75, 3.05) is 25.0 Å². The van der Waals surface area contributed by atoms with E-state index < -0.39 is 6.04 Å². The maximum Gasteiger partial charge on any atom is 0.243 e. The molecule has 1 saturated heterocycles. The summed E-state index contributed by atoms with van der Waals surface area (Å²) in [6.45, 7) is 4.28. The molecule has 2 fully saturated rings. The van der Waals surface area contributed by atoms with Crippen molar-refractivity contribution in [2.45, 2.75) is 63.6 Å². The second kappa shape index (κ2) is 8.07. The first kappa shape index (κ1) is 19.2. The zero-order chi connectivity index (χ0) is 19.7. The fraction of sp³-hybridized carbons (Fsp3) is 0.619. The topological polar surface area (TPSA) is 73.5 Å². The lowest BCUT2D eigenvalue weighted by molar-refractivity contribution is -0.122. The first-order valence-corrected chi connectivity index (χ1v) is 10.4. The minimum Gasteiger partial charge on any atom is -0.373 e. The Bertz CT molecular complexity index is 738. The van der Waals surface area contributed by atoms with Crippen LogP contribution in [0, 0.1) is 12.7 Å². The maximum atomic E-state index is 14.1. The molecule has 7 heteroatoms. The minimum atomic E-state index is -0.411. The van der Waals surface area contributed by atoms with E-state index in [2.05, 4.69) is 20.9 Å². The summed E-state index contributed by atoms with van der Waals surface area (Å²) in [6.07, 6.45) is 5.00. The molecule has 0 bridgehead atoms. The molecule has 2 amide bonds. The summed E-state index contributed by atoms with van der Waals surface area (Å²) in [5.41, 5.74) is 2.35. The van der Waals surface area contributed by atoms with Gasteiger partial charge in [0.2, 0.25) is 11.8 Å². The molecule has 3 N–H and O–H groups in total. The van der Waals surface area contributed by atoms with Crippen LogP contribution in [0.25, 0.3) is 0 Å². The molecule has 0 aromatic heterocycles. The fourth-order valence-corrected chi connectivity index (χ4v) is 4.81. The molecule has 152 valence electrons. The van der Waals surface area contributed by atoms with Gasteiger partial charge in [0.15, 0.2) is 0 Å². The number of aryl methyl sites for hydroxylation is 1. The highest BCUT2D eigenvalue weighted by molar-refractivity contribution is 5.88. The molecule has 2 heterocycles. The number of carbonyl (C=O) groups excluding carboxylic acids is 2. The van der Waals surface area contributed by atoms with E-state index in [-0.39, 0.29) is 23.7 Å². The molecule has 1 aromatic carbocycles. The van der Waals surface area contributed by atoms with E-state index in [4.69, 9.17) is 0 Å². The molecule has 0 radical (unpaired) electrons. The molecular weight excluding hydrogens is 359 g/mol. The summed E-state index contributed by atoms with van der Waals surface area (Å²) in [6, 6.07) is 3.34. The van der Waals surface area contributed by atoms with Crippen LogP contribution in [-0.2, 0) is 16.0 Å². The SMILES string of the molecule is Cc1ccc(F)c2c1NC(C(=O)N[C@@H]1CCC[C@H](N3CCNC(=O)CC3)C1)C2. The number of hydrogen-bond acceptors (Lipinski definition) is 4. The summed E-state index contributed by atoms with van der Waals surface area (Å²) in [7, 11) is 0. The molecule has 4 rings (SSSR count). The third kappa shape index (κ3) is 3.99. The molecular formula is C21H29FN4O2. The number of halogens is 1. The number of rotatable bonds is 3. The Kier molecular flexibility index (Phi) is 5.53. The molecule has 0 spiro atoms. The van der Waals surface area contributed by atoms with E-state index >= 15 is 0 Å². The van der Waals surface area contributed by atoms with E-state index in [0.717, 1.165) is 50.0 Å². The number of anilines is 1. The monoisotopic (exact) mass is 388 g/mol. The second-order valence-electron chi connectivity index (χ2n) is 8.28. The number of fused-ring (bicyclic) bond motifs is 1. The first-order chi connectivity index (χ1) is 13.5. The lowest BCUT2D eigenvalue weighted by atomic mass is 9.89. The average Bonchev–Trinajstić information content (AvgIpc) is 3.04. The Balaban J connectivity index is 1.34. The zero-order valence-electron chi connectivity index (χ0n) is 16.4. The summed E-state index contributed by atoms with van der Waals surface area (Å²) in [4.78, 5) is 26.8. The third-order valence-corrected chi connectivity index (χ3v) is 6.36. The van der Waals surface area contributed by atoms with E-state index in [1.54, 1.807) is 6.07 Å². The van der Waals surface area contributed by atoms with Gasteiger partial charge >= 0.3 is 0 Å². The van der Waals surface area contributed by atoms with Crippen LogP contribution >= 0.6 is 0 Å². The Morgan fingerprint density at radius 1 is 1.29 bits per heavy atom. The van der Waals surface area contributed by atoms with Gasteiger partial charge in [0.1, 0.15) is 11.9 Å². The van der Waals surface area contributed by atoms with Crippen LogP contribution < -0.4 is 16.0 Å². The number of amides is 2. The number of nitrogens with zero attached hydrogens (tertiary/aromatic N) is 1. The highest BCUT2D eigenvalue weighted by Crippen LogP contribution is 2.32. The van der Waals surface area contributed by atoms with Crippen molar-refractivity contribution in [1.29, 1.82) is 0 Å². The number of carbonyl (C=O) groups is 2. The van der Waals surface area contributed by atoms with E-state index in [1.165, 1.54) is 6.07 Å². The van der Waals surface area contributed by atoms with Crippen molar-refractivity contribution in [3.8, 4) is 0 Å². The van der Waals surface area contributed by atoms with Crippen LogP contribution in [0.1, 0.15) is 43.2 Å². The van der Waals surface area contributed by atoms with Crippen molar-refractivity contribution >= 4 is 17.5 Å². The normalized spacial score (nSPS) is 28.1. The van der Waals surface area contributed by atoms with Gasteiger partial charge in [-0.2, -0.15) is 0 Å². The summed E-state index contributed by atoms with van der Waals surface area (Å²) < 4.78 is 14.1. The molecule has 1 saturated carbocycles. The van der Waals surface area contributed by atoms with Crippen molar-refractivity contribution in [2.24, 2.45) is 0 Å². The number of hydrogen-bond donors (Lipinski definition) is 3. The van der Waals surface area contributed by atoms with Crippen molar-refractivity contribution < 1.29 is 14.0 Å².